The predicted molar refractivity (Wildman–Crippen MR) is 70.1 cm³/mol. The van der Waals surface area contributed by atoms with Gasteiger partial charge in [-0.2, -0.15) is 5.10 Å². The number of ketones is 1. The predicted octanol–water partition coefficient (Wildman–Crippen LogP) is 2.28. The van der Waals surface area contributed by atoms with Gasteiger partial charge in [0.15, 0.2) is 0 Å². The van der Waals surface area contributed by atoms with E-state index in [-0.39, 0.29) is 5.78 Å². The lowest BCUT2D eigenvalue weighted by atomic mass is 10.1. The number of carbonyl (C=O) groups excluding carboxylic acids is 1. The first kappa shape index (κ1) is 14.4. The van der Waals surface area contributed by atoms with Gasteiger partial charge < -0.3 is 4.74 Å². The lowest BCUT2D eigenvalue weighted by Crippen LogP contribution is -2.10. The Morgan fingerprint density at radius 2 is 2.18 bits per heavy atom. The van der Waals surface area contributed by atoms with Gasteiger partial charge >= 0.3 is 0 Å². The summed E-state index contributed by atoms with van der Waals surface area (Å²) in [4.78, 5) is 11.7. The van der Waals surface area contributed by atoms with Crippen LogP contribution in [0.15, 0.2) is 4.47 Å². The van der Waals surface area contributed by atoms with Crippen LogP contribution in [0, 0.1) is 0 Å². The number of nitrogens with zero attached hydrogens (tertiary/aromatic N) is 2. The molecule has 96 valence electrons. The molecule has 1 aromatic rings. The second kappa shape index (κ2) is 6.91. The van der Waals surface area contributed by atoms with Crippen LogP contribution in [0.1, 0.15) is 31.7 Å². The van der Waals surface area contributed by atoms with Gasteiger partial charge in [-0.1, -0.05) is 6.92 Å². The third kappa shape index (κ3) is 3.92. The molecule has 0 N–H and O–H groups in total. The second-order valence-corrected chi connectivity index (χ2v) is 4.64. The molecule has 0 bridgehead atoms. The Kier molecular flexibility index (Phi) is 5.85. The molecule has 0 atom stereocenters. The van der Waals surface area contributed by atoms with E-state index in [0.717, 1.165) is 22.3 Å². The Labute approximate surface area is 110 Å². The Bertz CT molecular complexity index is 388. The van der Waals surface area contributed by atoms with Crippen molar-refractivity contribution in [2.75, 3.05) is 13.2 Å². The second-order valence-electron chi connectivity index (χ2n) is 3.85. The van der Waals surface area contributed by atoms with Crippen molar-refractivity contribution in [3.63, 3.8) is 0 Å². The van der Waals surface area contributed by atoms with Crippen molar-refractivity contribution in [2.45, 2.75) is 33.1 Å². The van der Waals surface area contributed by atoms with E-state index in [0.29, 0.717) is 26.1 Å². The highest BCUT2D eigenvalue weighted by Crippen LogP contribution is 2.22. The van der Waals surface area contributed by atoms with Crippen molar-refractivity contribution in [3.05, 3.63) is 15.9 Å². The smallest absolute Gasteiger partial charge is 0.141 e. The summed E-state index contributed by atoms with van der Waals surface area (Å²) in [6.45, 7) is 5.14. The molecule has 1 heterocycles. The van der Waals surface area contributed by atoms with E-state index in [9.17, 15) is 4.79 Å². The minimum atomic E-state index is 0.185. The van der Waals surface area contributed by atoms with Gasteiger partial charge in [0.2, 0.25) is 0 Å². The highest BCUT2D eigenvalue weighted by Gasteiger charge is 2.15. The van der Waals surface area contributed by atoms with Crippen LogP contribution in [0.2, 0.25) is 0 Å². The minimum Gasteiger partial charge on any atom is -0.381 e. The van der Waals surface area contributed by atoms with Crippen LogP contribution in [0.25, 0.3) is 0 Å². The average Bonchev–Trinajstić information content (AvgIpc) is 2.57. The number of carbonyl (C=O) groups is 1. The van der Waals surface area contributed by atoms with Crippen molar-refractivity contribution in [1.82, 2.24) is 9.78 Å². The highest BCUT2D eigenvalue weighted by atomic mass is 79.9. The van der Waals surface area contributed by atoms with E-state index in [1.165, 1.54) is 0 Å². The molecule has 0 unspecified atom stereocenters. The van der Waals surface area contributed by atoms with Crippen LogP contribution in [-0.4, -0.2) is 28.8 Å². The van der Waals surface area contributed by atoms with Crippen molar-refractivity contribution in [2.24, 2.45) is 7.05 Å². The number of aryl methyl sites for hydroxylation is 2. The first-order valence-electron chi connectivity index (χ1n) is 5.89. The van der Waals surface area contributed by atoms with Crippen molar-refractivity contribution < 1.29 is 9.53 Å². The summed E-state index contributed by atoms with van der Waals surface area (Å²) in [6, 6.07) is 0. The Morgan fingerprint density at radius 3 is 2.71 bits per heavy atom. The molecule has 5 heteroatoms. The summed E-state index contributed by atoms with van der Waals surface area (Å²) >= 11 is 3.51. The quantitative estimate of drug-likeness (QED) is 0.726. The number of hydrogen-bond donors (Lipinski definition) is 0. The zero-order valence-electron chi connectivity index (χ0n) is 10.6. The third-order valence-electron chi connectivity index (χ3n) is 2.60. The zero-order chi connectivity index (χ0) is 12.8. The molecule has 0 aliphatic rings. The Morgan fingerprint density at radius 1 is 1.47 bits per heavy atom. The van der Waals surface area contributed by atoms with E-state index >= 15 is 0 Å². The van der Waals surface area contributed by atoms with Gasteiger partial charge in [-0.3, -0.25) is 9.48 Å². The molecule has 0 fully saturated rings. The van der Waals surface area contributed by atoms with Crippen LogP contribution in [0.3, 0.4) is 0 Å². The van der Waals surface area contributed by atoms with Crippen molar-refractivity contribution in [1.29, 1.82) is 0 Å². The lowest BCUT2D eigenvalue weighted by Gasteiger charge is -2.03. The maximum atomic E-state index is 11.7. The Balaban J connectivity index is 2.62. The normalized spacial score (nSPS) is 10.8. The molecule has 0 aromatic carbocycles. The standard InChI is InChI=1S/C12H19BrN2O2/c1-4-10-12(13)11(15(3)14-10)8-9(16)6-7-17-5-2/h4-8H2,1-3H3. The van der Waals surface area contributed by atoms with Gasteiger partial charge in [0, 0.05) is 26.5 Å². The van der Waals surface area contributed by atoms with E-state index in [2.05, 4.69) is 21.0 Å². The molecule has 17 heavy (non-hydrogen) atoms. The summed E-state index contributed by atoms with van der Waals surface area (Å²) in [5.41, 5.74) is 1.95. The molecule has 1 aromatic heterocycles. The van der Waals surface area contributed by atoms with E-state index in [1.54, 1.807) is 4.68 Å². The van der Waals surface area contributed by atoms with Gasteiger partial charge in [-0.05, 0) is 29.3 Å². The first-order chi connectivity index (χ1) is 8.10. The number of rotatable bonds is 7. The first-order valence-corrected chi connectivity index (χ1v) is 6.69. The molecule has 0 amide bonds. The summed E-state index contributed by atoms with van der Waals surface area (Å²) in [6.07, 6.45) is 1.74. The molecule has 0 radical (unpaired) electrons. The molecule has 0 spiro atoms. The van der Waals surface area contributed by atoms with Gasteiger partial charge in [0.25, 0.3) is 0 Å². The maximum absolute atomic E-state index is 11.7. The van der Waals surface area contributed by atoms with Gasteiger partial charge in [0.1, 0.15) is 5.78 Å². The molecule has 0 saturated heterocycles. The third-order valence-corrected chi connectivity index (χ3v) is 3.51. The largest absolute Gasteiger partial charge is 0.381 e. The Hall–Kier alpha value is -0.680. The maximum Gasteiger partial charge on any atom is 0.141 e. The molecular formula is C12H19BrN2O2. The van der Waals surface area contributed by atoms with Crippen molar-refractivity contribution in [3.8, 4) is 0 Å². The monoisotopic (exact) mass is 302 g/mol. The average molecular weight is 303 g/mol. The number of halogens is 1. The minimum absolute atomic E-state index is 0.185. The summed E-state index contributed by atoms with van der Waals surface area (Å²) in [7, 11) is 1.87. The number of hydrogen-bond acceptors (Lipinski definition) is 3. The van der Waals surface area contributed by atoms with Crippen LogP contribution in [0.5, 0.6) is 0 Å². The van der Waals surface area contributed by atoms with Gasteiger partial charge in [-0.25, -0.2) is 0 Å². The van der Waals surface area contributed by atoms with Crippen LogP contribution < -0.4 is 0 Å². The molecule has 1 rings (SSSR count). The number of Topliss-reactive ketones (excluding diaryl/α,β-unsaturated/α-hetero) is 1. The fourth-order valence-corrected chi connectivity index (χ4v) is 2.37. The number of ether oxygens (including phenoxy) is 1. The van der Waals surface area contributed by atoms with E-state index in [4.69, 9.17) is 4.74 Å². The SMILES string of the molecule is CCOCCC(=O)Cc1c(Br)c(CC)nn1C. The van der Waals surface area contributed by atoms with Crippen LogP contribution >= 0.6 is 15.9 Å². The molecular weight excluding hydrogens is 284 g/mol. The van der Waals surface area contributed by atoms with Crippen LogP contribution in [0.4, 0.5) is 0 Å². The summed E-state index contributed by atoms with van der Waals surface area (Å²) in [5, 5.41) is 4.36. The molecule has 0 saturated carbocycles. The fourth-order valence-electron chi connectivity index (χ4n) is 1.62. The number of aromatic nitrogens is 2. The fraction of sp³-hybridized carbons (Fsp3) is 0.667. The molecule has 4 nitrogen and oxygen atoms in total. The van der Waals surface area contributed by atoms with Crippen molar-refractivity contribution >= 4 is 21.7 Å². The van der Waals surface area contributed by atoms with Gasteiger partial charge in [0.05, 0.1) is 22.5 Å². The zero-order valence-corrected chi connectivity index (χ0v) is 12.2. The topological polar surface area (TPSA) is 44.1 Å². The lowest BCUT2D eigenvalue weighted by molar-refractivity contribution is -0.119. The molecule has 0 aliphatic heterocycles. The summed E-state index contributed by atoms with van der Waals surface area (Å²) in [5.74, 6) is 0.185. The summed E-state index contributed by atoms with van der Waals surface area (Å²) < 4.78 is 7.92. The highest BCUT2D eigenvalue weighted by molar-refractivity contribution is 9.10. The van der Waals surface area contributed by atoms with E-state index < -0.39 is 0 Å². The van der Waals surface area contributed by atoms with E-state index in [1.807, 2.05) is 20.9 Å². The van der Waals surface area contributed by atoms with Crippen LogP contribution in [-0.2, 0) is 29.4 Å². The molecule has 0 aliphatic carbocycles. The van der Waals surface area contributed by atoms with Gasteiger partial charge in [-0.15, -0.1) is 0 Å².